The molecule has 0 unspecified atom stereocenters. The van der Waals surface area contributed by atoms with Crippen molar-refractivity contribution < 1.29 is 23.8 Å². The Kier molecular flexibility index (Phi) is 4.86. The van der Waals surface area contributed by atoms with Crippen molar-refractivity contribution in [3.05, 3.63) is 65.5 Å². The van der Waals surface area contributed by atoms with Gasteiger partial charge in [0.1, 0.15) is 17.1 Å². The molecule has 4 rings (SSSR count). The molecule has 3 aromatic rings. The molecule has 1 aliphatic heterocycles. The fourth-order valence-corrected chi connectivity index (χ4v) is 3.40. The van der Waals surface area contributed by atoms with Gasteiger partial charge < -0.3 is 18.8 Å². The van der Waals surface area contributed by atoms with Gasteiger partial charge in [-0.25, -0.2) is 4.79 Å². The van der Waals surface area contributed by atoms with Gasteiger partial charge >= 0.3 is 5.97 Å². The van der Waals surface area contributed by atoms with E-state index < -0.39 is 11.6 Å². The van der Waals surface area contributed by atoms with E-state index in [1.807, 2.05) is 42.1 Å². The number of hydrogen-bond acceptors (Lipinski definition) is 5. The molecule has 30 heavy (non-hydrogen) atoms. The van der Waals surface area contributed by atoms with E-state index in [9.17, 15) is 9.59 Å². The SMILES string of the molecule is Cn1cc(/C=C2\Oc3cc(OCC(=O)OC(C)(C)C)ccc3C2=O)c2ccccc21. The average Bonchev–Trinajstić information content (AvgIpc) is 3.16. The van der Waals surface area contributed by atoms with Crippen LogP contribution in [-0.2, 0) is 16.6 Å². The van der Waals surface area contributed by atoms with Gasteiger partial charge in [0.05, 0.1) is 5.56 Å². The van der Waals surface area contributed by atoms with Crippen LogP contribution in [0.5, 0.6) is 11.5 Å². The molecular weight excluding hydrogens is 382 g/mol. The predicted molar refractivity (Wildman–Crippen MR) is 114 cm³/mol. The zero-order valence-electron chi connectivity index (χ0n) is 17.4. The average molecular weight is 405 g/mol. The van der Waals surface area contributed by atoms with Crippen molar-refractivity contribution in [3.63, 3.8) is 0 Å². The topological polar surface area (TPSA) is 66.8 Å². The van der Waals surface area contributed by atoms with Crippen LogP contribution in [-0.4, -0.2) is 28.5 Å². The number of para-hydroxylation sites is 1. The molecule has 0 saturated carbocycles. The number of benzene rings is 2. The van der Waals surface area contributed by atoms with Gasteiger partial charge in [-0.2, -0.15) is 0 Å². The van der Waals surface area contributed by atoms with Gasteiger partial charge in [-0.1, -0.05) is 18.2 Å². The fourth-order valence-electron chi connectivity index (χ4n) is 3.40. The Morgan fingerprint density at radius 3 is 2.70 bits per heavy atom. The van der Waals surface area contributed by atoms with Gasteiger partial charge in [-0.05, 0) is 45.0 Å². The molecule has 1 aliphatic rings. The number of ketones is 1. The highest BCUT2D eigenvalue weighted by atomic mass is 16.6. The maximum Gasteiger partial charge on any atom is 0.344 e. The summed E-state index contributed by atoms with van der Waals surface area (Å²) in [7, 11) is 1.96. The number of rotatable bonds is 4. The summed E-state index contributed by atoms with van der Waals surface area (Å²) in [4.78, 5) is 24.6. The summed E-state index contributed by atoms with van der Waals surface area (Å²) in [6.45, 7) is 5.17. The summed E-state index contributed by atoms with van der Waals surface area (Å²) >= 11 is 0. The first-order valence-corrected chi connectivity index (χ1v) is 9.68. The second kappa shape index (κ2) is 7.37. The first kappa shape index (κ1) is 19.8. The van der Waals surface area contributed by atoms with Crippen LogP contribution >= 0.6 is 0 Å². The van der Waals surface area contributed by atoms with E-state index in [4.69, 9.17) is 14.2 Å². The molecule has 0 saturated heterocycles. The van der Waals surface area contributed by atoms with Gasteiger partial charge in [0.15, 0.2) is 12.4 Å². The van der Waals surface area contributed by atoms with Crippen LogP contribution in [0.25, 0.3) is 17.0 Å². The standard InChI is InChI=1S/C24H23NO5/c1-24(2,3)30-22(26)14-28-16-9-10-18-20(12-16)29-21(23(18)27)11-15-13-25(4)19-8-6-5-7-17(15)19/h5-13H,14H2,1-4H3/b21-11-. The molecule has 0 N–H and O–H groups in total. The minimum absolute atomic E-state index is 0.184. The highest BCUT2D eigenvalue weighted by molar-refractivity contribution is 6.15. The van der Waals surface area contributed by atoms with E-state index in [2.05, 4.69) is 0 Å². The van der Waals surface area contributed by atoms with Crippen LogP contribution < -0.4 is 9.47 Å². The first-order valence-electron chi connectivity index (χ1n) is 9.68. The Morgan fingerprint density at radius 2 is 1.93 bits per heavy atom. The summed E-state index contributed by atoms with van der Waals surface area (Å²) in [5.41, 5.74) is 1.87. The minimum atomic E-state index is -0.574. The smallest absolute Gasteiger partial charge is 0.344 e. The minimum Gasteiger partial charge on any atom is -0.482 e. The Labute approximate surface area is 174 Å². The predicted octanol–water partition coefficient (Wildman–Crippen LogP) is 4.52. The molecule has 6 nitrogen and oxygen atoms in total. The van der Waals surface area contributed by atoms with Crippen LogP contribution in [0, 0.1) is 0 Å². The van der Waals surface area contributed by atoms with Crippen LogP contribution in [0.2, 0.25) is 0 Å². The van der Waals surface area contributed by atoms with Gasteiger partial charge in [0.25, 0.3) is 0 Å². The van der Waals surface area contributed by atoms with Crippen molar-refractivity contribution in [2.75, 3.05) is 6.61 Å². The second-order valence-corrected chi connectivity index (χ2v) is 8.19. The Bertz CT molecular complexity index is 1180. The van der Waals surface area contributed by atoms with Crippen LogP contribution in [0.4, 0.5) is 0 Å². The number of carbonyl (C=O) groups excluding carboxylic acids is 2. The number of ether oxygens (including phenoxy) is 3. The number of allylic oxidation sites excluding steroid dienone is 1. The van der Waals surface area contributed by atoms with E-state index in [1.54, 1.807) is 45.0 Å². The lowest BCUT2D eigenvalue weighted by Gasteiger charge is -2.19. The largest absolute Gasteiger partial charge is 0.482 e. The van der Waals surface area contributed by atoms with Gasteiger partial charge in [0.2, 0.25) is 5.78 Å². The number of esters is 1. The van der Waals surface area contributed by atoms with Crippen LogP contribution in [0.1, 0.15) is 36.7 Å². The van der Waals surface area contributed by atoms with Gasteiger partial charge in [-0.15, -0.1) is 0 Å². The molecule has 0 aliphatic carbocycles. The lowest BCUT2D eigenvalue weighted by Crippen LogP contribution is -2.27. The lowest BCUT2D eigenvalue weighted by molar-refractivity contribution is -0.157. The molecule has 6 heteroatoms. The zero-order chi connectivity index (χ0) is 21.5. The summed E-state index contributed by atoms with van der Waals surface area (Å²) in [6, 6.07) is 12.9. The Morgan fingerprint density at radius 1 is 1.17 bits per heavy atom. The van der Waals surface area contributed by atoms with Crippen molar-refractivity contribution in [2.24, 2.45) is 7.05 Å². The van der Waals surface area contributed by atoms with Crippen LogP contribution in [0.3, 0.4) is 0 Å². The monoisotopic (exact) mass is 405 g/mol. The van der Waals surface area contributed by atoms with Crippen molar-refractivity contribution in [2.45, 2.75) is 26.4 Å². The second-order valence-electron chi connectivity index (χ2n) is 8.19. The number of carbonyl (C=O) groups is 2. The summed E-state index contributed by atoms with van der Waals surface area (Å²) in [5.74, 6) is 0.450. The third-order valence-electron chi connectivity index (χ3n) is 4.63. The Hall–Kier alpha value is -3.54. The maximum absolute atomic E-state index is 12.8. The summed E-state index contributed by atoms with van der Waals surface area (Å²) < 4.78 is 18.6. The number of aromatic nitrogens is 1. The third-order valence-corrected chi connectivity index (χ3v) is 4.63. The fraction of sp³-hybridized carbons (Fsp3) is 0.250. The molecule has 0 fully saturated rings. The van der Waals surface area contributed by atoms with E-state index >= 15 is 0 Å². The molecule has 0 spiro atoms. The first-order chi connectivity index (χ1) is 14.2. The normalized spacial score (nSPS) is 14.7. The van der Waals surface area contributed by atoms with Crippen molar-refractivity contribution in [3.8, 4) is 11.5 Å². The molecule has 0 amide bonds. The molecule has 0 radical (unpaired) electrons. The lowest BCUT2D eigenvalue weighted by atomic mass is 10.1. The number of Topliss-reactive ketones (excluding diaryl/α,β-unsaturated/α-hetero) is 1. The molecule has 0 atom stereocenters. The Balaban J connectivity index is 1.53. The molecular formula is C24H23NO5. The molecule has 154 valence electrons. The highest BCUT2D eigenvalue weighted by Crippen LogP contribution is 2.35. The number of hydrogen-bond donors (Lipinski definition) is 0. The van der Waals surface area contributed by atoms with Crippen molar-refractivity contribution >= 4 is 28.7 Å². The molecule has 2 aromatic carbocycles. The maximum atomic E-state index is 12.8. The summed E-state index contributed by atoms with van der Waals surface area (Å²) in [6.07, 6.45) is 3.72. The van der Waals surface area contributed by atoms with E-state index in [1.165, 1.54) is 0 Å². The van der Waals surface area contributed by atoms with Crippen molar-refractivity contribution in [1.29, 1.82) is 0 Å². The van der Waals surface area contributed by atoms with Crippen LogP contribution in [0.15, 0.2) is 54.4 Å². The number of nitrogens with zero attached hydrogens (tertiary/aromatic N) is 1. The van der Waals surface area contributed by atoms with E-state index in [0.29, 0.717) is 17.1 Å². The molecule has 2 heterocycles. The summed E-state index contributed by atoms with van der Waals surface area (Å²) in [5, 5.41) is 1.04. The molecule has 1 aromatic heterocycles. The number of fused-ring (bicyclic) bond motifs is 2. The van der Waals surface area contributed by atoms with E-state index in [0.717, 1.165) is 16.5 Å². The quantitative estimate of drug-likeness (QED) is 0.472. The molecule has 0 bridgehead atoms. The third kappa shape index (κ3) is 3.94. The van der Waals surface area contributed by atoms with Gasteiger partial charge in [0, 0.05) is 35.8 Å². The van der Waals surface area contributed by atoms with E-state index in [-0.39, 0.29) is 18.1 Å². The van der Waals surface area contributed by atoms with Crippen molar-refractivity contribution in [1.82, 2.24) is 4.57 Å². The number of aryl methyl sites for hydroxylation is 1. The highest BCUT2D eigenvalue weighted by Gasteiger charge is 2.28. The zero-order valence-corrected chi connectivity index (χ0v) is 17.4. The van der Waals surface area contributed by atoms with Gasteiger partial charge in [-0.3, -0.25) is 4.79 Å².